The summed E-state index contributed by atoms with van der Waals surface area (Å²) in [7, 11) is 0. The van der Waals surface area contributed by atoms with Crippen LogP contribution in [0.15, 0.2) is 60.7 Å². The first-order chi connectivity index (χ1) is 18.3. The molecule has 0 saturated heterocycles. The molecule has 0 aliphatic carbocycles. The molecule has 4 N–H and O–H groups in total. The summed E-state index contributed by atoms with van der Waals surface area (Å²) in [5, 5.41) is 19.7. The number of aliphatic hydroxyl groups excluding tert-OH is 1. The lowest BCUT2D eigenvalue weighted by molar-refractivity contribution is -0.126. The van der Waals surface area contributed by atoms with Gasteiger partial charge in [0.1, 0.15) is 11.6 Å². The second-order valence-corrected chi connectivity index (χ2v) is 11.5. The molecule has 8 heteroatoms. The summed E-state index contributed by atoms with van der Waals surface area (Å²) >= 11 is 0. The highest BCUT2D eigenvalue weighted by Crippen LogP contribution is 2.17. The summed E-state index contributed by atoms with van der Waals surface area (Å²) in [5.74, 6) is -0.870. The number of benzene rings is 2. The molecule has 2 rings (SSSR count). The van der Waals surface area contributed by atoms with Crippen molar-refractivity contribution in [2.75, 3.05) is 0 Å². The largest absolute Gasteiger partial charge is 0.444 e. The number of aliphatic hydroxyl groups is 1. The highest BCUT2D eigenvalue weighted by Gasteiger charge is 2.30. The number of hydrogen-bond acceptors (Lipinski definition) is 5. The van der Waals surface area contributed by atoms with Crippen molar-refractivity contribution in [1.82, 2.24) is 16.0 Å². The molecule has 0 aliphatic rings. The number of hydrogen-bond donors (Lipinski definition) is 4. The third-order valence-corrected chi connectivity index (χ3v) is 6.16. The van der Waals surface area contributed by atoms with Gasteiger partial charge in [0.2, 0.25) is 11.8 Å². The van der Waals surface area contributed by atoms with Crippen LogP contribution in [0.5, 0.6) is 0 Å². The van der Waals surface area contributed by atoms with E-state index in [1.54, 1.807) is 27.7 Å². The van der Waals surface area contributed by atoms with Crippen LogP contribution in [0, 0.1) is 11.8 Å². The molecule has 0 aromatic heterocycles. The van der Waals surface area contributed by atoms with Gasteiger partial charge in [0, 0.05) is 18.9 Å². The van der Waals surface area contributed by atoms with Crippen LogP contribution >= 0.6 is 0 Å². The summed E-state index contributed by atoms with van der Waals surface area (Å²) in [6, 6.07) is 17.5. The Balaban J connectivity index is 2.08. The first kappa shape index (κ1) is 31.8. The van der Waals surface area contributed by atoms with E-state index in [9.17, 15) is 19.5 Å². The standard InChI is InChI=1S/C31H45N3O5/c1-21(2)17-25(27(35)18-22(3)28(36)32-20-24-15-11-8-12-16-24)33-29(37)26(19-23-13-9-7-10-14-23)34-30(38)39-31(4,5)6/h7-16,21-22,25-27,35H,17-20H2,1-6H3,(H,32,36)(H,33,37)(H,34,38)/t22-,25+,26+,27+/m1/s1. The molecule has 8 nitrogen and oxygen atoms in total. The number of rotatable bonds is 13. The zero-order valence-electron chi connectivity index (χ0n) is 24.1. The van der Waals surface area contributed by atoms with Gasteiger partial charge >= 0.3 is 6.09 Å². The summed E-state index contributed by atoms with van der Waals surface area (Å²) in [5.41, 5.74) is 1.15. The van der Waals surface area contributed by atoms with E-state index in [2.05, 4.69) is 16.0 Å². The van der Waals surface area contributed by atoms with Crippen molar-refractivity contribution < 1.29 is 24.2 Å². The fraction of sp³-hybridized carbons (Fsp3) is 0.516. The minimum atomic E-state index is -0.951. The van der Waals surface area contributed by atoms with Gasteiger partial charge in [-0.2, -0.15) is 0 Å². The average Bonchev–Trinajstić information content (AvgIpc) is 2.86. The van der Waals surface area contributed by atoms with E-state index < -0.39 is 41.7 Å². The molecule has 214 valence electrons. The first-order valence-electron chi connectivity index (χ1n) is 13.7. The van der Waals surface area contributed by atoms with E-state index in [1.165, 1.54) is 0 Å². The van der Waals surface area contributed by atoms with Gasteiger partial charge in [-0.15, -0.1) is 0 Å². The van der Waals surface area contributed by atoms with Crippen LogP contribution in [-0.4, -0.2) is 46.8 Å². The molecule has 0 unspecified atom stereocenters. The van der Waals surface area contributed by atoms with Gasteiger partial charge < -0.3 is 25.8 Å². The number of amides is 3. The first-order valence-corrected chi connectivity index (χ1v) is 13.7. The van der Waals surface area contributed by atoms with E-state index in [0.29, 0.717) is 13.0 Å². The molecule has 0 bridgehead atoms. The van der Waals surface area contributed by atoms with Gasteiger partial charge in [0.05, 0.1) is 12.1 Å². The Morgan fingerprint density at radius 1 is 0.821 bits per heavy atom. The fourth-order valence-corrected chi connectivity index (χ4v) is 4.21. The van der Waals surface area contributed by atoms with Crippen molar-refractivity contribution in [3.05, 3.63) is 71.8 Å². The van der Waals surface area contributed by atoms with Gasteiger partial charge in [-0.3, -0.25) is 9.59 Å². The van der Waals surface area contributed by atoms with Crippen LogP contribution in [-0.2, 0) is 27.3 Å². The Morgan fingerprint density at radius 2 is 1.38 bits per heavy atom. The van der Waals surface area contributed by atoms with Gasteiger partial charge in [-0.1, -0.05) is 81.4 Å². The Hall–Kier alpha value is -3.39. The smallest absolute Gasteiger partial charge is 0.408 e. The van der Waals surface area contributed by atoms with Gasteiger partial charge in [-0.25, -0.2) is 4.79 Å². The summed E-state index contributed by atoms with van der Waals surface area (Å²) in [6.45, 7) is 11.4. The molecule has 0 aliphatic heterocycles. The predicted octanol–water partition coefficient (Wildman–Crippen LogP) is 4.36. The lowest BCUT2D eigenvalue weighted by atomic mass is 9.92. The van der Waals surface area contributed by atoms with Gasteiger partial charge in [-0.05, 0) is 50.7 Å². The molecule has 0 spiro atoms. The SMILES string of the molecule is CC(C)C[C@H](NC(=O)[C@H](Cc1ccccc1)NC(=O)OC(C)(C)C)[C@@H](O)C[C@@H](C)C(=O)NCc1ccccc1. The van der Waals surface area contributed by atoms with Crippen LogP contribution in [0.4, 0.5) is 4.79 Å². The second-order valence-electron chi connectivity index (χ2n) is 11.5. The van der Waals surface area contributed by atoms with E-state index in [-0.39, 0.29) is 24.7 Å². The van der Waals surface area contributed by atoms with E-state index in [1.807, 2.05) is 74.5 Å². The third-order valence-electron chi connectivity index (χ3n) is 6.16. The van der Waals surface area contributed by atoms with Crippen molar-refractivity contribution in [1.29, 1.82) is 0 Å². The Morgan fingerprint density at radius 3 is 1.92 bits per heavy atom. The zero-order chi connectivity index (χ0) is 29.0. The minimum Gasteiger partial charge on any atom is -0.444 e. The highest BCUT2D eigenvalue weighted by molar-refractivity contribution is 5.86. The molecule has 0 fully saturated rings. The van der Waals surface area contributed by atoms with Gasteiger partial charge in [0.15, 0.2) is 0 Å². The molecular weight excluding hydrogens is 494 g/mol. The molecular formula is C31H45N3O5. The maximum Gasteiger partial charge on any atom is 0.408 e. The third kappa shape index (κ3) is 12.3. The number of nitrogens with one attached hydrogen (secondary N) is 3. The molecule has 0 saturated carbocycles. The Kier molecular flexibility index (Phi) is 12.5. The van der Waals surface area contributed by atoms with Crippen LogP contribution in [0.1, 0.15) is 65.5 Å². The van der Waals surface area contributed by atoms with E-state index >= 15 is 0 Å². The summed E-state index contributed by atoms with van der Waals surface area (Å²) in [4.78, 5) is 38.7. The summed E-state index contributed by atoms with van der Waals surface area (Å²) < 4.78 is 5.38. The van der Waals surface area contributed by atoms with Crippen LogP contribution in [0.2, 0.25) is 0 Å². The molecule has 4 atom stereocenters. The number of alkyl carbamates (subject to hydrolysis) is 1. The predicted molar refractivity (Wildman–Crippen MR) is 153 cm³/mol. The number of carbonyl (C=O) groups excluding carboxylic acids is 3. The van der Waals surface area contributed by atoms with Crippen molar-refractivity contribution in [2.45, 2.75) is 91.1 Å². The zero-order valence-corrected chi connectivity index (χ0v) is 24.1. The fourth-order valence-electron chi connectivity index (χ4n) is 4.21. The van der Waals surface area contributed by atoms with E-state index in [0.717, 1.165) is 11.1 Å². The second kappa shape index (κ2) is 15.3. The molecule has 3 amide bonds. The van der Waals surface area contributed by atoms with E-state index in [4.69, 9.17) is 4.74 Å². The van der Waals surface area contributed by atoms with Crippen molar-refractivity contribution in [3.63, 3.8) is 0 Å². The molecule has 0 radical (unpaired) electrons. The molecule has 0 heterocycles. The van der Waals surface area contributed by atoms with Crippen LogP contribution < -0.4 is 16.0 Å². The Bertz CT molecular complexity index is 1040. The van der Waals surface area contributed by atoms with Crippen LogP contribution in [0.25, 0.3) is 0 Å². The topological polar surface area (TPSA) is 117 Å². The summed E-state index contributed by atoms with van der Waals surface area (Å²) in [6.07, 6.45) is -0.693. The average molecular weight is 540 g/mol. The van der Waals surface area contributed by atoms with Crippen molar-refractivity contribution in [3.8, 4) is 0 Å². The maximum absolute atomic E-state index is 13.5. The quantitative estimate of drug-likeness (QED) is 0.302. The van der Waals surface area contributed by atoms with Crippen molar-refractivity contribution in [2.24, 2.45) is 11.8 Å². The lowest BCUT2D eigenvalue weighted by Gasteiger charge is -2.30. The monoisotopic (exact) mass is 539 g/mol. The molecule has 2 aromatic rings. The molecule has 39 heavy (non-hydrogen) atoms. The van der Waals surface area contributed by atoms with Crippen LogP contribution in [0.3, 0.4) is 0 Å². The Labute approximate surface area is 232 Å². The van der Waals surface area contributed by atoms with Crippen molar-refractivity contribution >= 4 is 17.9 Å². The maximum atomic E-state index is 13.5. The van der Waals surface area contributed by atoms with Gasteiger partial charge in [0.25, 0.3) is 0 Å². The normalized spacial score (nSPS) is 14.6. The number of carbonyl (C=O) groups is 3. The highest BCUT2D eigenvalue weighted by atomic mass is 16.6. The number of ether oxygens (including phenoxy) is 1. The molecule has 2 aromatic carbocycles. The lowest BCUT2D eigenvalue weighted by Crippen LogP contribution is -2.54. The minimum absolute atomic E-state index is 0.166.